The smallest absolute Gasteiger partial charge is 0.223 e. The molecule has 1 atom stereocenters. The Kier molecular flexibility index (Phi) is 6.04. The van der Waals surface area contributed by atoms with Crippen molar-refractivity contribution < 1.29 is 14.3 Å². The molecule has 1 heterocycles. The highest BCUT2D eigenvalue weighted by Crippen LogP contribution is 2.29. The Morgan fingerprint density at radius 3 is 2.88 bits per heavy atom. The molecule has 26 heavy (non-hydrogen) atoms. The van der Waals surface area contributed by atoms with Gasteiger partial charge in [0.2, 0.25) is 5.91 Å². The largest absolute Gasteiger partial charge is 0.496 e. The summed E-state index contributed by atoms with van der Waals surface area (Å²) in [7, 11) is 1.65. The number of hydrogen-bond donors (Lipinski definition) is 0. The lowest BCUT2D eigenvalue weighted by Gasteiger charge is -2.23. The van der Waals surface area contributed by atoms with Gasteiger partial charge in [-0.15, -0.1) is 0 Å². The number of fused-ring (bicyclic) bond motifs is 1. The van der Waals surface area contributed by atoms with Crippen molar-refractivity contribution in [1.82, 2.24) is 4.90 Å². The number of nitrogens with zero attached hydrogens (tertiary/aromatic N) is 1. The van der Waals surface area contributed by atoms with Crippen molar-refractivity contribution in [3.8, 4) is 11.5 Å². The first-order valence-corrected chi connectivity index (χ1v) is 9.33. The molecule has 0 bridgehead atoms. The van der Waals surface area contributed by atoms with E-state index in [9.17, 15) is 4.79 Å². The number of aryl methyl sites for hydroxylation is 1. The van der Waals surface area contributed by atoms with Gasteiger partial charge in [0.05, 0.1) is 13.7 Å². The van der Waals surface area contributed by atoms with Gasteiger partial charge in [-0.25, -0.2) is 0 Å². The highest BCUT2D eigenvalue weighted by atomic mass is 35.5. The van der Waals surface area contributed by atoms with Gasteiger partial charge in [0.25, 0.3) is 0 Å². The number of amides is 1. The number of ether oxygens (including phenoxy) is 2. The summed E-state index contributed by atoms with van der Waals surface area (Å²) in [6.45, 7) is 3.21. The first kappa shape index (κ1) is 18.6. The fraction of sp³-hybridized carbons (Fsp3) is 0.381. The standard InChI is InChI=1S/C21H24ClNO3/c1-3-18-14-23(13-16-8-10-17(22)12-20(16)26-18)21(24)11-9-15-6-4-5-7-19(15)25-2/h4-8,10,12,18H,3,9,11,13-14H2,1-2H3. The summed E-state index contributed by atoms with van der Waals surface area (Å²) in [6.07, 6.45) is 1.91. The lowest BCUT2D eigenvalue weighted by molar-refractivity contribution is -0.132. The zero-order chi connectivity index (χ0) is 18.5. The van der Waals surface area contributed by atoms with Crippen LogP contribution in [0.1, 0.15) is 30.9 Å². The van der Waals surface area contributed by atoms with E-state index in [1.807, 2.05) is 47.4 Å². The summed E-state index contributed by atoms with van der Waals surface area (Å²) < 4.78 is 11.4. The Hall–Kier alpha value is -2.20. The van der Waals surface area contributed by atoms with Crippen LogP contribution in [-0.4, -0.2) is 30.6 Å². The minimum absolute atomic E-state index is 0.0232. The number of hydrogen-bond acceptors (Lipinski definition) is 3. The summed E-state index contributed by atoms with van der Waals surface area (Å²) in [6, 6.07) is 13.4. The van der Waals surface area contributed by atoms with Crippen LogP contribution < -0.4 is 9.47 Å². The quantitative estimate of drug-likeness (QED) is 0.775. The van der Waals surface area contributed by atoms with Crippen LogP contribution in [-0.2, 0) is 17.8 Å². The van der Waals surface area contributed by atoms with Crippen molar-refractivity contribution in [3.05, 3.63) is 58.6 Å². The number of carbonyl (C=O) groups excluding carboxylic acids is 1. The van der Waals surface area contributed by atoms with E-state index in [2.05, 4.69) is 6.92 Å². The first-order valence-electron chi connectivity index (χ1n) is 8.95. The molecule has 0 aromatic heterocycles. The molecule has 5 heteroatoms. The van der Waals surface area contributed by atoms with Crippen LogP contribution in [0.5, 0.6) is 11.5 Å². The van der Waals surface area contributed by atoms with E-state index in [1.54, 1.807) is 7.11 Å². The third kappa shape index (κ3) is 4.31. The minimum atomic E-state index is -0.0232. The minimum Gasteiger partial charge on any atom is -0.496 e. The van der Waals surface area contributed by atoms with Crippen LogP contribution in [0.3, 0.4) is 0 Å². The van der Waals surface area contributed by atoms with E-state index in [0.29, 0.717) is 31.0 Å². The fourth-order valence-electron chi connectivity index (χ4n) is 3.21. The van der Waals surface area contributed by atoms with Gasteiger partial charge in [-0.3, -0.25) is 4.79 Å². The van der Waals surface area contributed by atoms with Crippen LogP contribution in [0.4, 0.5) is 0 Å². The summed E-state index contributed by atoms with van der Waals surface area (Å²) >= 11 is 6.09. The molecule has 1 amide bonds. The molecule has 3 rings (SSSR count). The van der Waals surface area contributed by atoms with Crippen LogP contribution in [0.25, 0.3) is 0 Å². The van der Waals surface area contributed by atoms with E-state index in [1.165, 1.54) is 0 Å². The first-order chi connectivity index (χ1) is 12.6. The van der Waals surface area contributed by atoms with Crippen molar-refractivity contribution in [2.45, 2.75) is 38.8 Å². The summed E-state index contributed by atoms with van der Waals surface area (Å²) in [5.41, 5.74) is 2.05. The molecule has 0 aliphatic carbocycles. The van der Waals surface area contributed by atoms with E-state index in [-0.39, 0.29) is 12.0 Å². The number of para-hydroxylation sites is 1. The molecule has 0 spiro atoms. The van der Waals surface area contributed by atoms with E-state index >= 15 is 0 Å². The van der Waals surface area contributed by atoms with Gasteiger partial charge in [-0.2, -0.15) is 0 Å². The molecule has 0 N–H and O–H groups in total. The SMILES string of the molecule is CCC1CN(C(=O)CCc2ccccc2OC)Cc2ccc(Cl)cc2O1. The predicted molar refractivity (Wildman–Crippen MR) is 103 cm³/mol. The third-order valence-corrected chi connectivity index (χ3v) is 4.95. The summed E-state index contributed by atoms with van der Waals surface area (Å²) in [5.74, 6) is 1.73. The van der Waals surface area contributed by atoms with Gasteiger partial charge >= 0.3 is 0 Å². The maximum Gasteiger partial charge on any atom is 0.223 e. The lowest BCUT2D eigenvalue weighted by atomic mass is 10.1. The molecule has 2 aromatic carbocycles. The Balaban J connectivity index is 1.72. The number of methoxy groups -OCH3 is 1. The highest BCUT2D eigenvalue weighted by Gasteiger charge is 2.25. The molecule has 0 saturated heterocycles. The van der Waals surface area contributed by atoms with Gasteiger partial charge in [0, 0.05) is 23.6 Å². The van der Waals surface area contributed by atoms with Crippen LogP contribution in [0.15, 0.2) is 42.5 Å². The number of rotatable bonds is 5. The molecular formula is C21H24ClNO3. The molecule has 0 saturated carbocycles. The molecule has 1 unspecified atom stereocenters. The second kappa shape index (κ2) is 8.45. The fourth-order valence-corrected chi connectivity index (χ4v) is 3.38. The lowest BCUT2D eigenvalue weighted by Crippen LogP contribution is -2.37. The molecule has 2 aromatic rings. The zero-order valence-corrected chi connectivity index (χ0v) is 16.0. The molecule has 1 aliphatic heterocycles. The van der Waals surface area contributed by atoms with Gasteiger partial charge < -0.3 is 14.4 Å². The van der Waals surface area contributed by atoms with Crippen molar-refractivity contribution in [2.75, 3.05) is 13.7 Å². The normalized spacial score (nSPS) is 16.4. The summed E-state index contributed by atoms with van der Waals surface area (Å²) in [5, 5.41) is 0.648. The Morgan fingerprint density at radius 2 is 2.12 bits per heavy atom. The second-order valence-corrected chi connectivity index (χ2v) is 6.92. The van der Waals surface area contributed by atoms with Crippen LogP contribution in [0, 0.1) is 0 Å². The maximum atomic E-state index is 12.9. The molecule has 4 nitrogen and oxygen atoms in total. The molecule has 138 valence electrons. The predicted octanol–water partition coefficient (Wildman–Crippen LogP) is 4.48. The Labute approximate surface area is 159 Å². The monoisotopic (exact) mass is 373 g/mol. The van der Waals surface area contributed by atoms with Gasteiger partial charge in [-0.1, -0.05) is 42.8 Å². The second-order valence-electron chi connectivity index (χ2n) is 6.49. The van der Waals surface area contributed by atoms with E-state index < -0.39 is 0 Å². The van der Waals surface area contributed by atoms with Crippen molar-refractivity contribution in [1.29, 1.82) is 0 Å². The van der Waals surface area contributed by atoms with Crippen molar-refractivity contribution in [3.63, 3.8) is 0 Å². The zero-order valence-electron chi connectivity index (χ0n) is 15.2. The molecular weight excluding hydrogens is 350 g/mol. The number of carbonyl (C=O) groups is 1. The Bertz CT molecular complexity index is 778. The van der Waals surface area contributed by atoms with Gasteiger partial charge in [-0.05, 0) is 36.6 Å². The average Bonchev–Trinajstić information content (AvgIpc) is 2.85. The van der Waals surface area contributed by atoms with E-state index in [0.717, 1.165) is 29.0 Å². The molecule has 0 radical (unpaired) electrons. The topological polar surface area (TPSA) is 38.8 Å². The highest BCUT2D eigenvalue weighted by molar-refractivity contribution is 6.30. The maximum absolute atomic E-state index is 12.9. The molecule has 0 fully saturated rings. The van der Waals surface area contributed by atoms with Gasteiger partial charge in [0.15, 0.2) is 0 Å². The third-order valence-electron chi connectivity index (χ3n) is 4.72. The van der Waals surface area contributed by atoms with Crippen LogP contribution in [0.2, 0.25) is 5.02 Å². The van der Waals surface area contributed by atoms with Crippen molar-refractivity contribution >= 4 is 17.5 Å². The van der Waals surface area contributed by atoms with Crippen molar-refractivity contribution in [2.24, 2.45) is 0 Å². The Morgan fingerprint density at radius 1 is 1.31 bits per heavy atom. The molecule has 1 aliphatic rings. The summed E-state index contributed by atoms with van der Waals surface area (Å²) in [4.78, 5) is 14.8. The average molecular weight is 374 g/mol. The van der Waals surface area contributed by atoms with E-state index in [4.69, 9.17) is 21.1 Å². The van der Waals surface area contributed by atoms with Gasteiger partial charge in [0.1, 0.15) is 17.6 Å². The number of benzene rings is 2. The number of halogens is 1. The van der Waals surface area contributed by atoms with Crippen LogP contribution >= 0.6 is 11.6 Å².